The second-order valence-electron chi connectivity index (χ2n) is 4.44. The maximum Gasteiger partial charge on any atom is 0.231 e. The molecule has 6 heteroatoms. The molecule has 3 rings (SSSR count). The van der Waals surface area contributed by atoms with Gasteiger partial charge in [0.05, 0.1) is 18.9 Å². The average molecular weight is 292 g/mol. The Morgan fingerprint density at radius 1 is 1.30 bits per heavy atom. The van der Waals surface area contributed by atoms with Gasteiger partial charge >= 0.3 is 0 Å². The number of hydrogen-bond donors (Lipinski definition) is 1. The van der Waals surface area contributed by atoms with Crippen LogP contribution in [0.3, 0.4) is 0 Å². The van der Waals surface area contributed by atoms with E-state index in [1.54, 1.807) is 11.3 Å². The molecule has 0 saturated carbocycles. The van der Waals surface area contributed by atoms with E-state index in [2.05, 4.69) is 10.3 Å². The highest BCUT2D eigenvalue weighted by atomic mass is 32.1. The lowest BCUT2D eigenvalue weighted by atomic mass is 10.2. The first-order valence-electron chi connectivity index (χ1n) is 6.39. The highest BCUT2D eigenvalue weighted by molar-refractivity contribution is 7.09. The van der Waals surface area contributed by atoms with Crippen molar-refractivity contribution in [3.8, 4) is 11.5 Å². The fourth-order valence-corrected chi connectivity index (χ4v) is 2.74. The molecule has 1 aromatic carbocycles. The van der Waals surface area contributed by atoms with Gasteiger partial charge in [0.15, 0.2) is 11.5 Å². The predicted octanol–water partition coefficient (Wildman–Crippen LogP) is 2.31. The molecule has 20 heavy (non-hydrogen) atoms. The standard InChI is InChI=1S/C14H16N2O3S/c1-15-5-14-16-11(8-20-14)7-17-6-10-2-3-12-13(4-10)19-9-18-12/h2-4,8,15H,5-7,9H2,1H3. The van der Waals surface area contributed by atoms with Crippen molar-refractivity contribution < 1.29 is 14.2 Å². The van der Waals surface area contributed by atoms with Crippen LogP contribution in [-0.2, 0) is 24.5 Å². The monoisotopic (exact) mass is 292 g/mol. The summed E-state index contributed by atoms with van der Waals surface area (Å²) in [7, 11) is 1.91. The normalized spacial score (nSPS) is 12.8. The zero-order valence-electron chi connectivity index (χ0n) is 11.2. The molecule has 0 amide bonds. The minimum Gasteiger partial charge on any atom is -0.454 e. The van der Waals surface area contributed by atoms with E-state index in [0.717, 1.165) is 34.3 Å². The van der Waals surface area contributed by atoms with E-state index in [1.807, 2.05) is 30.6 Å². The Kier molecular flexibility index (Phi) is 4.15. The molecule has 0 spiro atoms. The Bertz CT molecular complexity index is 586. The number of rotatable bonds is 6. The van der Waals surface area contributed by atoms with E-state index in [4.69, 9.17) is 14.2 Å². The highest BCUT2D eigenvalue weighted by Crippen LogP contribution is 2.32. The fourth-order valence-electron chi connectivity index (χ4n) is 1.95. The SMILES string of the molecule is CNCc1nc(COCc2ccc3c(c2)OCO3)cs1. The Labute approximate surface area is 121 Å². The third-order valence-corrected chi connectivity index (χ3v) is 3.78. The summed E-state index contributed by atoms with van der Waals surface area (Å²) < 4.78 is 16.3. The molecule has 0 bridgehead atoms. The minimum absolute atomic E-state index is 0.298. The number of hydrogen-bond acceptors (Lipinski definition) is 6. The lowest BCUT2D eigenvalue weighted by molar-refractivity contribution is 0.105. The quantitative estimate of drug-likeness (QED) is 0.885. The Hall–Kier alpha value is -1.63. The molecule has 0 radical (unpaired) electrons. The third kappa shape index (κ3) is 3.09. The molecule has 1 aliphatic rings. The van der Waals surface area contributed by atoms with Crippen LogP contribution < -0.4 is 14.8 Å². The molecule has 0 saturated heterocycles. The molecule has 1 N–H and O–H groups in total. The molecule has 1 aliphatic heterocycles. The number of nitrogens with zero attached hydrogens (tertiary/aromatic N) is 1. The summed E-state index contributed by atoms with van der Waals surface area (Å²) in [6.07, 6.45) is 0. The van der Waals surface area contributed by atoms with Crippen molar-refractivity contribution >= 4 is 11.3 Å². The van der Waals surface area contributed by atoms with Gasteiger partial charge in [-0.15, -0.1) is 11.3 Å². The predicted molar refractivity (Wildman–Crippen MR) is 75.9 cm³/mol. The molecule has 0 unspecified atom stereocenters. The van der Waals surface area contributed by atoms with E-state index >= 15 is 0 Å². The molecule has 2 heterocycles. The van der Waals surface area contributed by atoms with Crippen molar-refractivity contribution in [1.29, 1.82) is 0 Å². The highest BCUT2D eigenvalue weighted by Gasteiger charge is 2.13. The smallest absolute Gasteiger partial charge is 0.231 e. The third-order valence-electron chi connectivity index (χ3n) is 2.88. The van der Waals surface area contributed by atoms with Gasteiger partial charge in [-0.25, -0.2) is 4.98 Å². The summed E-state index contributed by atoms with van der Waals surface area (Å²) in [5, 5.41) is 6.20. The van der Waals surface area contributed by atoms with Crippen molar-refractivity contribution in [3.05, 3.63) is 39.8 Å². The van der Waals surface area contributed by atoms with Gasteiger partial charge in [-0.05, 0) is 24.7 Å². The zero-order chi connectivity index (χ0) is 13.8. The van der Waals surface area contributed by atoms with Crippen molar-refractivity contribution in [2.45, 2.75) is 19.8 Å². The molecular formula is C14H16N2O3S. The number of aromatic nitrogens is 1. The van der Waals surface area contributed by atoms with Crippen LogP contribution in [0.4, 0.5) is 0 Å². The van der Waals surface area contributed by atoms with E-state index in [-0.39, 0.29) is 0 Å². The lowest BCUT2D eigenvalue weighted by Crippen LogP contribution is -2.04. The first-order valence-corrected chi connectivity index (χ1v) is 7.27. The molecule has 0 aliphatic carbocycles. The zero-order valence-corrected chi connectivity index (χ0v) is 12.0. The Balaban J connectivity index is 1.51. The van der Waals surface area contributed by atoms with Crippen LogP contribution in [0.1, 0.15) is 16.3 Å². The topological polar surface area (TPSA) is 52.6 Å². The number of fused-ring (bicyclic) bond motifs is 1. The van der Waals surface area contributed by atoms with Gasteiger partial charge in [0.25, 0.3) is 0 Å². The second kappa shape index (κ2) is 6.21. The maximum atomic E-state index is 5.68. The summed E-state index contributed by atoms with van der Waals surface area (Å²) in [6, 6.07) is 5.85. The summed E-state index contributed by atoms with van der Waals surface area (Å²) in [4.78, 5) is 4.48. The van der Waals surface area contributed by atoms with Crippen LogP contribution in [0, 0.1) is 0 Å². The van der Waals surface area contributed by atoms with E-state index in [1.165, 1.54) is 0 Å². The minimum atomic E-state index is 0.298. The maximum absolute atomic E-state index is 5.68. The Morgan fingerprint density at radius 2 is 2.20 bits per heavy atom. The summed E-state index contributed by atoms with van der Waals surface area (Å²) in [5.74, 6) is 1.58. The van der Waals surface area contributed by atoms with Crippen molar-refractivity contribution in [1.82, 2.24) is 10.3 Å². The molecule has 2 aromatic rings. The first-order chi connectivity index (χ1) is 9.85. The second-order valence-corrected chi connectivity index (χ2v) is 5.39. The summed E-state index contributed by atoms with van der Waals surface area (Å²) in [6.45, 7) is 2.16. The molecule has 0 atom stereocenters. The van der Waals surface area contributed by atoms with Crippen LogP contribution in [-0.4, -0.2) is 18.8 Å². The first kappa shape index (κ1) is 13.4. The van der Waals surface area contributed by atoms with Gasteiger partial charge in [0, 0.05) is 11.9 Å². The molecular weight excluding hydrogens is 276 g/mol. The lowest BCUT2D eigenvalue weighted by Gasteiger charge is -2.04. The van der Waals surface area contributed by atoms with E-state index in [0.29, 0.717) is 20.0 Å². The summed E-state index contributed by atoms with van der Waals surface area (Å²) >= 11 is 1.65. The van der Waals surface area contributed by atoms with Crippen LogP contribution in [0.25, 0.3) is 0 Å². The van der Waals surface area contributed by atoms with Gasteiger partial charge in [-0.2, -0.15) is 0 Å². The molecule has 106 valence electrons. The number of thiazole rings is 1. The molecule has 1 aromatic heterocycles. The van der Waals surface area contributed by atoms with Gasteiger partial charge < -0.3 is 19.5 Å². The number of benzene rings is 1. The van der Waals surface area contributed by atoms with Crippen LogP contribution in [0.15, 0.2) is 23.6 Å². The van der Waals surface area contributed by atoms with Crippen LogP contribution >= 0.6 is 11.3 Å². The van der Waals surface area contributed by atoms with Gasteiger partial charge in [0.2, 0.25) is 6.79 Å². The van der Waals surface area contributed by atoms with Crippen LogP contribution in [0.2, 0.25) is 0 Å². The van der Waals surface area contributed by atoms with Gasteiger partial charge in [-0.3, -0.25) is 0 Å². The van der Waals surface area contributed by atoms with E-state index < -0.39 is 0 Å². The Morgan fingerprint density at radius 3 is 3.10 bits per heavy atom. The average Bonchev–Trinajstić information content (AvgIpc) is 3.08. The fraction of sp³-hybridized carbons (Fsp3) is 0.357. The molecule has 0 fully saturated rings. The number of ether oxygens (including phenoxy) is 3. The van der Waals surface area contributed by atoms with Crippen molar-refractivity contribution in [2.75, 3.05) is 13.8 Å². The largest absolute Gasteiger partial charge is 0.454 e. The van der Waals surface area contributed by atoms with Gasteiger partial charge in [0.1, 0.15) is 5.01 Å². The van der Waals surface area contributed by atoms with Gasteiger partial charge in [-0.1, -0.05) is 6.07 Å². The molecule has 5 nitrogen and oxygen atoms in total. The van der Waals surface area contributed by atoms with E-state index in [9.17, 15) is 0 Å². The van der Waals surface area contributed by atoms with Crippen molar-refractivity contribution in [2.24, 2.45) is 0 Å². The van der Waals surface area contributed by atoms with Crippen LogP contribution in [0.5, 0.6) is 11.5 Å². The van der Waals surface area contributed by atoms with Crippen molar-refractivity contribution in [3.63, 3.8) is 0 Å². The number of nitrogens with one attached hydrogen (secondary N) is 1. The summed E-state index contributed by atoms with van der Waals surface area (Å²) in [5.41, 5.74) is 2.04.